The first-order valence-electron chi connectivity index (χ1n) is 9.36. The number of imide groups is 1. The van der Waals surface area contributed by atoms with E-state index in [1.165, 1.54) is 0 Å². The van der Waals surface area contributed by atoms with Crippen LogP contribution in [0.1, 0.15) is 24.8 Å². The number of hydrogen-bond donors (Lipinski definition) is 3. The van der Waals surface area contributed by atoms with Crippen LogP contribution in [-0.2, 0) is 21.5 Å². The van der Waals surface area contributed by atoms with Gasteiger partial charge in [0.15, 0.2) is 0 Å². The molecule has 1 saturated heterocycles. The van der Waals surface area contributed by atoms with E-state index in [1.807, 2.05) is 30.3 Å². The van der Waals surface area contributed by atoms with Crippen molar-refractivity contribution in [3.05, 3.63) is 66.1 Å². The molecule has 1 aromatic heterocycles. The minimum atomic E-state index is -1.19. The molecular weight excluding hydrogens is 386 g/mol. The van der Waals surface area contributed by atoms with Gasteiger partial charge < -0.3 is 15.1 Å². The van der Waals surface area contributed by atoms with Crippen molar-refractivity contribution in [3.63, 3.8) is 0 Å². The van der Waals surface area contributed by atoms with Gasteiger partial charge in [0.2, 0.25) is 17.7 Å². The molecule has 2 aromatic carbocycles. The molecule has 4 rings (SSSR count). The Morgan fingerprint density at radius 2 is 1.90 bits per heavy atom. The Hall–Kier alpha value is -4.01. The molecule has 0 bridgehead atoms. The van der Waals surface area contributed by atoms with Gasteiger partial charge in [-0.15, -0.1) is 10.2 Å². The van der Waals surface area contributed by atoms with Crippen LogP contribution in [0.5, 0.6) is 0 Å². The maximum atomic E-state index is 12.3. The van der Waals surface area contributed by atoms with Crippen LogP contribution in [0.3, 0.4) is 0 Å². The lowest BCUT2D eigenvalue weighted by molar-refractivity contribution is -0.123. The molecular formula is C21H19N5O4. The minimum Gasteiger partial charge on any atom is -0.421 e. The molecule has 1 aliphatic heterocycles. The van der Waals surface area contributed by atoms with Gasteiger partial charge in [-0.25, -0.2) is 4.79 Å². The summed E-state index contributed by atoms with van der Waals surface area (Å²) in [7, 11) is 0. The second-order valence-corrected chi connectivity index (χ2v) is 7.03. The number of carbonyl (C=O) groups is 3. The number of aromatic nitrogens is 2. The molecule has 4 amide bonds. The quantitative estimate of drug-likeness (QED) is 0.541. The van der Waals surface area contributed by atoms with Crippen molar-refractivity contribution in [1.29, 1.82) is 0 Å². The number of anilines is 1. The number of nitrogens with one attached hydrogen (secondary N) is 3. The average molecular weight is 405 g/mol. The van der Waals surface area contributed by atoms with Gasteiger partial charge in [-0.05, 0) is 36.8 Å². The first kappa shape index (κ1) is 19.3. The summed E-state index contributed by atoms with van der Waals surface area (Å²) in [6.07, 6.45) is 0.441. The van der Waals surface area contributed by atoms with Gasteiger partial charge in [-0.2, -0.15) is 0 Å². The summed E-state index contributed by atoms with van der Waals surface area (Å²) >= 11 is 0. The third kappa shape index (κ3) is 3.90. The maximum Gasteiger partial charge on any atom is 0.322 e. The molecule has 152 valence electrons. The average Bonchev–Trinajstić information content (AvgIpc) is 3.32. The molecule has 3 aromatic rings. The fourth-order valence-electron chi connectivity index (χ4n) is 3.15. The van der Waals surface area contributed by atoms with Crippen LogP contribution in [0.15, 0.2) is 59.0 Å². The highest BCUT2D eigenvalue weighted by molar-refractivity contribution is 6.07. The summed E-state index contributed by atoms with van der Waals surface area (Å²) in [6.45, 7) is 1.61. The Balaban J connectivity index is 1.38. The van der Waals surface area contributed by atoms with Crippen LogP contribution < -0.4 is 16.0 Å². The van der Waals surface area contributed by atoms with E-state index in [0.717, 1.165) is 5.56 Å². The molecule has 1 unspecified atom stereocenters. The highest BCUT2D eigenvalue weighted by Crippen LogP contribution is 2.26. The van der Waals surface area contributed by atoms with Crippen molar-refractivity contribution >= 4 is 23.5 Å². The maximum absolute atomic E-state index is 12.3. The molecule has 30 heavy (non-hydrogen) atoms. The standard InChI is InChI=1S/C21H19N5O4/c1-21(19(28)23-20(29)24-21)14-8-5-9-15(12-14)22-16(27)10-11-17-25-26-18(30-17)13-6-3-2-4-7-13/h2-9,12H,10-11H2,1H3,(H,22,27)(H2,23,24,28,29). The summed E-state index contributed by atoms with van der Waals surface area (Å²) in [5.41, 5.74) is 0.709. The minimum absolute atomic E-state index is 0.148. The van der Waals surface area contributed by atoms with E-state index in [4.69, 9.17) is 4.42 Å². The molecule has 9 nitrogen and oxygen atoms in total. The van der Waals surface area contributed by atoms with Gasteiger partial charge in [-0.1, -0.05) is 30.3 Å². The number of amides is 4. The number of urea groups is 1. The van der Waals surface area contributed by atoms with Crippen molar-refractivity contribution in [2.75, 3.05) is 5.32 Å². The predicted molar refractivity (Wildman–Crippen MR) is 107 cm³/mol. The van der Waals surface area contributed by atoms with Gasteiger partial charge in [0.25, 0.3) is 5.91 Å². The zero-order valence-corrected chi connectivity index (χ0v) is 16.1. The number of rotatable bonds is 6. The molecule has 0 spiro atoms. The fraction of sp³-hybridized carbons (Fsp3) is 0.190. The Bertz CT molecular complexity index is 1110. The Labute approximate surface area is 171 Å². The molecule has 9 heteroatoms. The lowest BCUT2D eigenvalue weighted by Crippen LogP contribution is -2.40. The number of benzene rings is 2. The van der Waals surface area contributed by atoms with Crippen LogP contribution in [-0.4, -0.2) is 28.0 Å². The molecule has 0 radical (unpaired) electrons. The number of hydrogen-bond acceptors (Lipinski definition) is 6. The van der Waals surface area contributed by atoms with E-state index in [0.29, 0.717) is 29.5 Å². The number of carbonyl (C=O) groups excluding carboxylic acids is 3. The molecule has 1 fully saturated rings. The van der Waals surface area contributed by atoms with E-state index in [-0.39, 0.29) is 12.3 Å². The van der Waals surface area contributed by atoms with Gasteiger partial charge in [0.05, 0.1) is 0 Å². The van der Waals surface area contributed by atoms with Crippen LogP contribution >= 0.6 is 0 Å². The highest BCUT2D eigenvalue weighted by Gasteiger charge is 2.43. The van der Waals surface area contributed by atoms with Crippen molar-refractivity contribution in [2.24, 2.45) is 0 Å². The highest BCUT2D eigenvalue weighted by atomic mass is 16.4. The number of aryl methyl sites for hydroxylation is 1. The second-order valence-electron chi connectivity index (χ2n) is 7.03. The monoisotopic (exact) mass is 405 g/mol. The first-order chi connectivity index (χ1) is 14.4. The summed E-state index contributed by atoms with van der Waals surface area (Å²) in [4.78, 5) is 35.9. The van der Waals surface area contributed by atoms with E-state index in [2.05, 4.69) is 26.1 Å². The molecule has 0 saturated carbocycles. The van der Waals surface area contributed by atoms with Crippen LogP contribution in [0.25, 0.3) is 11.5 Å². The van der Waals surface area contributed by atoms with Gasteiger partial charge in [-0.3, -0.25) is 14.9 Å². The molecule has 1 atom stereocenters. The summed E-state index contributed by atoms with van der Waals surface area (Å²) in [5, 5.41) is 15.6. The van der Waals surface area contributed by atoms with E-state index in [1.54, 1.807) is 31.2 Å². The third-order valence-corrected chi connectivity index (χ3v) is 4.82. The number of nitrogens with zero attached hydrogens (tertiary/aromatic N) is 2. The van der Waals surface area contributed by atoms with Crippen molar-refractivity contribution in [2.45, 2.75) is 25.3 Å². The first-order valence-corrected chi connectivity index (χ1v) is 9.36. The normalized spacial score (nSPS) is 18.0. The SMILES string of the molecule is CC1(c2cccc(NC(=O)CCc3nnc(-c4ccccc4)o3)c2)NC(=O)NC1=O. The predicted octanol–water partition coefficient (Wildman–Crippen LogP) is 2.36. The summed E-state index contributed by atoms with van der Waals surface area (Å²) in [6, 6.07) is 15.6. The molecule has 0 aliphatic carbocycles. The summed E-state index contributed by atoms with van der Waals surface area (Å²) < 4.78 is 5.61. The van der Waals surface area contributed by atoms with E-state index in [9.17, 15) is 14.4 Å². The van der Waals surface area contributed by atoms with Gasteiger partial charge in [0.1, 0.15) is 5.54 Å². The van der Waals surface area contributed by atoms with Gasteiger partial charge >= 0.3 is 6.03 Å². The van der Waals surface area contributed by atoms with Crippen molar-refractivity contribution in [3.8, 4) is 11.5 Å². The molecule has 1 aliphatic rings. The van der Waals surface area contributed by atoms with Crippen LogP contribution in [0.2, 0.25) is 0 Å². The third-order valence-electron chi connectivity index (χ3n) is 4.82. The van der Waals surface area contributed by atoms with Crippen molar-refractivity contribution in [1.82, 2.24) is 20.8 Å². The van der Waals surface area contributed by atoms with Crippen LogP contribution in [0.4, 0.5) is 10.5 Å². The Morgan fingerprint density at radius 1 is 1.10 bits per heavy atom. The smallest absolute Gasteiger partial charge is 0.322 e. The zero-order valence-electron chi connectivity index (χ0n) is 16.1. The van der Waals surface area contributed by atoms with E-state index >= 15 is 0 Å². The summed E-state index contributed by atoms with van der Waals surface area (Å²) in [5.74, 6) is 0.0951. The zero-order chi connectivity index (χ0) is 21.1. The molecule has 3 N–H and O–H groups in total. The van der Waals surface area contributed by atoms with Crippen LogP contribution in [0, 0.1) is 0 Å². The second kappa shape index (κ2) is 7.78. The van der Waals surface area contributed by atoms with Crippen molar-refractivity contribution < 1.29 is 18.8 Å². The van der Waals surface area contributed by atoms with E-state index < -0.39 is 17.5 Å². The lowest BCUT2D eigenvalue weighted by atomic mass is 9.92. The molecule has 2 heterocycles. The fourth-order valence-corrected chi connectivity index (χ4v) is 3.15. The van der Waals surface area contributed by atoms with Gasteiger partial charge in [0, 0.05) is 24.1 Å². The lowest BCUT2D eigenvalue weighted by Gasteiger charge is -2.21. The topological polar surface area (TPSA) is 126 Å². The Kier molecular flexibility index (Phi) is 5.01. The largest absolute Gasteiger partial charge is 0.421 e. The Morgan fingerprint density at radius 3 is 2.63 bits per heavy atom.